The second-order valence-electron chi connectivity index (χ2n) is 4.91. The highest BCUT2D eigenvalue weighted by Gasteiger charge is 2.10. The molecule has 0 aliphatic rings. The van der Waals surface area contributed by atoms with Crippen molar-refractivity contribution in [1.29, 1.82) is 0 Å². The van der Waals surface area contributed by atoms with Gasteiger partial charge in [0, 0.05) is 23.7 Å². The van der Waals surface area contributed by atoms with Crippen LogP contribution in [0, 0.1) is 0 Å². The number of amides is 1. The molecule has 2 aromatic carbocycles. The summed E-state index contributed by atoms with van der Waals surface area (Å²) in [6.45, 7) is 2.73. The van der Waals surface area contributed by atoms with Crippen molar-refractivity contribution in [3.63, 3.8) is 0 Å². The molecular formula is C17H20N2O2. The van der Waals surface area contributed by atoms with Crippen molar-refractivity contribution >= 4 is 5.91 Å². The molecule has 0 bridgehead atoms. The van der Waals surface area contributed by atoms with Gasteiger partial charge in [-0.15, -0.1) is 0 Å². The summed E-state index contributed by atoms with van der Waals surface area (Å²) in [4.78, 5) is 11.2. The summed E-state index contributed by atoms with van der Waals surface area (Å²) in [5.74, 6) is 0.456. The molecule has 0 spiro atoms. The molecule has 0 aromatic heterocycles. The molecule has 110 valence electrons. The van der Waals surface area contributed by atoms with Crippen LogP contribution in [-0.4, -0.2) is 13.0 Å². The standard InChI is InChI=1S/C17H20N2O2/c1-12(15-8-3-4-9-16(15)21-2)19-11-13-6-5-7-14(10-13)17(18)20/h3-10,12,19H,11H2,1-2H3,(H2,18,20)/t12-/m0/s1. The summed E-state index contributed by atoms with van der Waals surface area (Å²) in [6.07, 6.45) is 0. The van der Waals surface area contributed by atoms with Gasteiger partial charge in [-0.1, -0.05) is 30.3 Å². The van der Waals surface area contributed by atoms with Crippen LogP contribution >= 0.6 is 0 Å². The van der Waals surface area contributed by atoms with Gasteiger partial charge >= 0.3 is 0 Å². The number of nitrogens with one attached hydrogen (secondary N) is 1. The predicted octanol–water partition coefficient (Wildman–Crippen LogP) is 2.64. The molecule has 0 fully saturated rings. The monoisotopic (exact) mass is 284 g/mol. The first-order chi connectivity index (χ1) is 10.1. The van der Waals surface area contributed by atoms with Crippen LogP contribution in [0.1, 0.15) is 34.5 Å². The molecule has 4 nitrogen and oxygen atoms in total. The lowest BCUT2D eigenvalue weighted by molar-refractivity contribution is 0.1000. The van der Waals surface area contributed by atoms with Gasteiger partial charge in [0.15, 0.2) is 0 Å². The fourth-order valence-corrected chi connectivity index (χ4v) is 2.24. The van der Waals surface area contributed by atoms with E-state index in [1.165, 1.54) is 0 Å². The number of hydrogen-bond donors (Lipinski definition) is 2. The highest BCUT2D eigenvalue weighted by atomic mass is 16.5. The van der Waals surface area contributed by atoms with Gasteiger partial charge in [-0.3, -0.25) is 4.79 Å². The van der Waals surface area contributed by atoms with E-state index in [0.29, 0.717) is 12.1 Å². The van der Waals surface area contributed by atoms with E-state index in [-0.39, 0.29) is 6.04 Å². The van der Waals surface area contributed by atoms with Crippen LogP contribution in [0.3, 0.4) is 0 Å². The van der Waals surface area contributed by atoms with E-state index >= 15 is 0 Å². The molecule has 4 heteroatoms. The third kappa shape index (κ3) is 3.83. The van der Waals surface area contributed by atoms with E-state index in [1.807, 2.05) is 42.5 Å². The maximum atomic E-state index is 11.2. The Balaban J connectivity index is 2.05. The van der Waals surface area contributed by atoms with E-state index in [2.05, 4.69) is 12.2 Å². The van der Waals surface area contributed by atoms with Crippen LogP contribution in [0.2, 0.25) is 0 Å². The first-order valence-corrected chi connectivity index (χ1v) is 6.87. The molecule has 1 atom stereocenters. The summed E-state index contributed by atoms with van der Waals surface area (Å²) in [5, 5.41) is 3.42. The molecule has 0 aliphatic carbocycles. The molecular weight excluding hydrogens is 264 g/mol. The van der Waals surface area contributed by atoms with Gasteiger partial charge in [0.1, 0.15) is 5.75 Å². The average molecular weight is 284 g/mol. The Kier molecular flexibility index (Phi) is 4.95. The summed E-state index contributed by atoms with van der Waals surface area (Å²) in [5.41, 5.74) is 7.94. The van der Waals surface area contributed by atoms with Crippen LogP contribution in [-0.2, 0) is 6.54 Å². The summed E-state index contributed by atoms with van der Waals surface area (Å²) in [6, 6.07) is 15.4. The first-order valence-electron chi connectivity index (χ1n) is 6.87. The van der Waals surface area contributed by atoms with Gasteiger partial charge in [-0.05, 0) is 30.7 Å². The molecule has 0 heterocycles. The number of benzene rings is 2. The van der Waals surface area contributed by atoms with Crippen LogP contribution in [0.25, 0.3) is 0 Å². The largest absolute Gasteiger partial charge is 0.496 e. The molecule has 1 amide bonds. The zero-order chi connectivity index (χ0) is 15.2. The minimum Gasteiger partial charge on any atom is -0.496 e. The maximum absolute atomic E-state index is 11.2. The molecule has 0 saturated heterocycles. The van der Waals surface area contributed by atoms with Gasteiger partial charge in [0.25, 0.3) is 0 Å². The average Bonchev–Trinajstić information content (AvgIpc) is 2.52. The number of carbonyl (C=O) groups is 1. The second-order valence-corrected chi connectivity index (χ2v) is 4.91. The molecule has 2 rings (SSSR count). The Bertz CT molecular complexity index is 626. The molecule has 2 aromatic rings. The van der Waals surface area contributed by atoms with Crippen molar-refractivity contribution in [3.8, 4) is 5.75 Å². The number of primary amides is 1. The maximum Gasteiger partial charge on any atom is 0.248 e. The van der Waals surface area contributed by atoms with Crippen LogP contribution in [0.4, 0.5) is 0 Å². The van der Waals surface area contributed by atoms with Crippen LogP contribution in [0.5, 0.6) is 5.75 Å². The summed E-state index contributed by atoms with van der Waals surface area (Å²) >= 11 is 0. The topological polar surface area (TPSA) is 64.3 Å². The Morgan fingerprint density at radius 2 is 2.00 bits per heavy atom. The van der Waals surface area contributed by atoms with Gasteiger partial charge in [0.2, 0.25) is 5.91 Å². The lowest BCUT2D eigenvalue weighted by atomic mass is 10.1. The minimum absolute atomic E-state index is 0.137. The van der Waals surface area contributed by atoms with Gasteiger partial charge in [-0.25, -0.2) is 0 Å². The van der Waals surface area contributed by atoms with E-state index in [9.17, 15) is 4.79 Å². The summed E-state index contributed by atoms with van der Waals surface area (Å²) in [7, 11) is 1.67. The number of rotatable bonds is 6. The minimum atomic E-state index is -0.408. The lowest BCUT2D eigenvalue weighted by Crippen LogP contribution is -2.19. The number of methoxy groups -OCH3 is 1. The van der Waals surface area contributed by atoms with Crippen molar-refractivity contribution in [1.82, 2.24) is 5.32 Å². The molecule has 0 unspecified atom stereocenters. The number of ether oxygens (including phenoxy) is 1. The molecule has 21 heavy (non-hydrogen) atoms. The number of carbonyl (C=O) groups excluding carboxylic acids is 1. The molecule has 0 saturated carbocycles. The molecule has 0 aliphatic heterocycles. The van der Waals surface area contributed by atoms with Gasteiger partial charge in [0.05, 0.1) is 7.11 Å². The fraction of sp³-hybridized carbons (Fsp3) is 0.235. The van der Waals surface area contributed by atoms with Crippen molar-refractivity contribution in [3.05, 3.63) is 65.2 Å². The number of para-hydroxylation sites is 1. The quantitative estimate of drug-likeness (QED) is 0.857. The zero-order valence-electron chi connectivity index (χ0n) is 12.3. The fourth-order valence-electron chi connectivity index (χ4n) is 2.24. The SMILES string of the molecule is COc1ccccc1[C@H](C)NCc1cccc(C(N)=O)c1. The Morgan fingerprint density at radius 3 is 2.71 bits per heavy atom. The highest BCUT2D eigenvalue weighted by Crippen LogP contribution is 2.24. The van der Waals surface area contributed by atoms with E-state index in [4.69, 9.17) is 10.5 Å². The smallest absolute Gasteiger partial charge is 0.248 e. The van der Waals surface area contributed by atoms with Crippen LogP contribution in [0.15, 0.2) is 48.5 Å². The number of hydrogen-bond acceptors (Lipinski definition) is 3. The van der Waals surface area contributed by atoms with Crippen LogP contribution < -0.4 is 15.8 Å². The lowest BCUT2D eigenvalue weighted by Gasteiger charge is -2.17. The van der Waals surface area contributed by atoms with E-state index < -0.39 is 5.91 Å². The zero-order valence-corrected chi connectivity index (χ0v) is 12.3. The Labute approximate surface area is 124 Å². The van der Waals surface area contributed by atoms with Crippen molar-refractivity contribution in [2.24, 2.45) is 5.73 Å². The molecule has 3 N–H and O–H groups in total. The Morgan fingerprint density at radius 1 is 1.24 bits per heavy atom. The van der Waals surface area contributed by atoms with Gasteiger partial charge < -0.3 is 15.8 Å². The van der Waals surface area contributed by atoms with Crippen molar-refractivity contribution in [2.45, 2.75) is 19.5 Å². The predicted molar refractivity (Wildman–Crippen MR) is 83.2 cm³/mol. The second kappa shape index (κ2) is 6.90. The third-order valence-corrected chi connectivity index (χ3v) is 3.43. The van der Waals surface area contributed by atoms with Gasteiger partial charge in [-0.2, -0.15) is 0 Å². The Hall–Kier alpha value is -2.33. The summed E-state index contributed by atoms with van der Waals surface area (Å²) < 4.78 is 5.37. The first kappa shape index (κ1) is 15.1. The van der Waals surface area contributed by atoms with E-state index in [0.717, 1.165) is 16.9 Å². The van der Waals surface area contributed by atoms with E-state index in [1.54, 1.807) is 13.2 Å². The van der Waals surface area contributed by atoms with Crippen molar-refractivity contribution < 1.29 is 9.53 Å². The third-order valence-electron chi connectivity index (χ3n) is 3.43. The number of nitrogens with two attached hydrogens (primary N) is 1. The highest BCUT2D eigenvalue weighted by molar-refractivity contribution is 5.92. The molecule has 0 radical (unpaired) electrons. The normalized spacial score (nSPS) is 11.9. The van der Waals surface area contributed by atoms with Crippen molar-refractivity contribution in [2.75, 3.05) is 7.11 Å².